The number of benzene rings is 1. The summed E-state index contributed by atoms with van der Waals surface area (Å²) >= 11 is 0. The molecule has 0 saturated carbocycles. The molecule has 0 spiro atoms. The van der Waals surface area contributed by atoms with E-state index in [-0.39, 0.29) is 5.91 Å². The second-order valence-corrected chi connectivity index (χ2v) is 3.49. The fraction of sp³-hybridized carbons (Fsp3) is 0.417. The van der Waals surface area contributed by atoms with Crippen molar-refractivity contribution in [3.05, 3.63) is 35.9 Å². The van der Waals surface area contributed by atoms with Gasteiger partial charge < -0.3 is 0 Å². The second-order valence-electron chi connectivity index (χ2n) is 3.49. The van der Waals surface area contributed by atoms with Gasteiger partial charge >= 0.3 is 0 Å². The average Bonchev–Trinajstić information content (AvgIpc) is 2.25. The minimum Gasteiger partial charge on any atom is -0.273 e. The third-order valence-electron chi connectivity index (χ3n) is 2.26. The van der Waals surface area contributed by atoms with Gasteiger partial charge in [0, 0.05) is 12.8 Å². The molecular weight excluding hydrogens is 190 g/mol. The summed E-state index contributed by atoms with van der Waals surface area (Å²) < 4.78 is 0. The van der Waals surface area contributed by atoms with Crippen LogP contribution < -0.4 is 5.48 Å². The highest BCUT2D eigenvalue weighted by atomic mass is 16.6. The molecule has 0 aliphatic heterocycles. The molecule has 15 heavy (non-hydrogen) atoms. The minimum absolute atomic E-state index is 0.169. The van der Waals surface area contributed by atoms with Crippen LogP contribution in [0, 0.1) is 0 Å². The number of hydrogen-bond acceptors (Lipinski definition) is 2. The van der Waals surface area contributed by atoms with E-state index in [4.69, 9.17) is 4.84 Å². The first-order valence-electron chi connectivity index (χ1n) is 5.17. The van der Waals surface area contributed by atoms with Gasteiger partial charge in [-0.2, -0.15) is 0 Å². The van der Waals surface area contributed by atoms with Gasteiger partial charge in [0.05, 0.1) is 6.61 Å². The van der Waals surface area contributed by atoms with Crippen LogP contribution in [0.1, 0.15) is 31.7 Å². The highest BCUT2D eigenvalue weighted by Gasteiger charge is 2.09. The Balaban J connectivity index is 2.46. The molecule has 1 N–H and O–H groups in total. The van der Waals surface area contributed by atoms with Crippen molar-refractivity contribution >= 4 is 5.91 Å². The molecule has 1 amide bonds. The fourth-order valence-corrected chi connectivity index (χ4v) is 1.42. The van der Waals surface area contributed by atoms with E-state index < -0.39 is 0 Å². The predicted molar refractivity (Wildman–Crippen MR) is 59.2 cm³/mol. The van der Waals surface area contributed by atoms with Crippen molar-refractivity contribution in [3.8, 4) is 0 Å². The van der Waals surface area contributed by atoms with Crippen LogP contribution in [0.25, 0.3) is 0 Å². The lowest BCUT2D eigenvalue weighted by Gasteiger charge is -2.14. The summed E-state index contributed by atoms with van der Waals surface area (Å²) in [7, 11) is 0. The summed E-state index contributed by atoms with van der Waals surface area (Å²) in [6.07, 6.45) is 0.990. The quantitative estimate of drug-likeness (QED) is 0.752. The summed E-state index contributed by atoms with van der Waals surface area (Å²) in [6, 6.07) is 10.2. The first kappa shape index (κ1) is 11.7. The van der Waals surface area contributed by atoms with Crippen LogP contribution in [0.4, 0.5) is 0 Å². The van der Waals surface area contributed by atoms with Crippen LogP contribution in [0.15, 0.2) is 30.3 Å². The number of rotatable bonds is 5. The Hall–Kier alpha value is -1.35. The molecule has 0 fully saturated rings. The lowest BCUT2D eigenvalue weighted by atomic mass is 9.98. The van der Waals surface area contributed by atoms with Crippen LogP contribution in [0.3, 0.4) is 0 Å². The molecular formula is C12H17NO2. The number of hydrogen-bond donors (Lipinski definition) is 1. The van der Waals surface area contributed by atoms with Crippen molar-refractivity contribution in [2.75, 3.05) is 6.61 Å². The molecule has 82 valence electrons. The van der Waals surface area contributed by atoms with Gasteiger partial charge in [-0.1, -0.05) is 37.3 Å². The van der Waals surface area contributed by atoms with Gasteiger partial charge in [0.1, 0.15) is 0 Å². The number of carbonyl (C=O) groups is 1. The molecule has 3 heteroatoms. The molecule has 0 heterocycles. The summed E-state index contributed by atoms with van der Waals surface area (Å²) in [5.41, 5.74) is 3.58. The Morgan fingerprint density at radius 3 is 2.60 bits per heavy atom. The molecule has 3 nitrogen and oxygen atoms in total. The largest absolute Gasteiger partial charge is 0.273 e. The van der Waals surface area contributed by atoms with Gasteiger partial charge in [0.2, 0.25) is 5.91 Å². The molecule has 1 aromatic rings. The van der Waals surface area contributed by atoms with Crippen molar-refractivity contribution in [3.63, 3.8) is 0 Å². The highest BCUT2D eigenvalue weighted by Crippen LogP contribution is 2.18. The molecule has 1 aromatic carbocycles. The maximum atomic E-state index is 10.6. The molecule has 0 radical (unpaired) electrons. The van der Waals surface area contributed by atoms with Gasteiger partial charge in [-0.15, -0.1) is 0 Å². The Labute approximate surface area is 90.4 Å². The lowest BCUT2D eigenvalue weighted by molar-refractivity contribution is -0.131. The Morgan fingerprint density at radius 1 is 1.40 bits per heavy atom. The second kappa shape index (κ2) is 6.19. The molecule has 0 bridgehead atoms. The number of hydroxylamine groups is 1. The van der Waals surface area contributed by atoms with E-state index in [0.717, 1.165) is 6.42 Å². The van der Waals surface area contributed by atoms with Crippen LogP contribution in [0.5, 0.6) is 0 Å². The van der Waals surface area contributed by atoms with E-state index in [9.17, 15) is 4.79 Å². The first-order valence-corrected chi connectivity index (χ1v) is 5.17. The topological polar surface area (TPSA) is 38.3 Å². The summed E-state index contributed by atoms with van der Waals surface area (Å²) in [5.74, 6) is 0.163. The molecule has 0 aliphatic carbocycles. The van der Waals surface area contributed by atoms with E-state index in [2.05, 4.69) is 24.5 Å². The zero-order valence-corrected chi connectivity index (χ0v) is 9.19. The van der Waals surface area contributed by atoms with Gasteiger partial charge in [-0.05, 0) is 12.0 Å². The van der Waals surface area contributed by atoms with Gasteiger partial charge in [-0.3, -0.25) is 9.63 Å². The Bertz CT molecular complexity index is 298. The fourth-order valence-electron chi connectivity index (χ4n) is 1.42. The lowest BCUT2D eigenvalue weighted by Crippen LogP contribution is -2.23. The molecule has 0 aliphatic rings. The zero-order valence-electron chi connectivity index (χ0n) is 9.19. The van der Waals surface area contributed by atoms with Crippen LogP contribution >= 0.6 is 0 Å². The summed E-state index contributed by atoms with van der Waals surface area (Å²) in [4.78, 5) is 15.7. The first-order chi connectivity index (χ1) is 7.24. The van der Waals surface area contributed by atoms with E-state index >= 15 is 0 Å². The summed E-state index contributed by atoms with van der Waals surface area (Å²) in [5, 5.41) is 0. The normalized spacial score (nSPS) is 12.1. The van der Waals surface area contributed by atoms with Crippen LogP contribution in [0.2, 0.25) is 0 Å². The molecule has 1 rings (SSSR count). The number of carbonyl (C=O) groups excluding carboxylic acids is 1. The van der Waals surface area contributed by atoms with Crippen LogP contribution in [-0.4, -0.2) is 12.5 Å². The maximum Gasteiger partial charge on any atom is 0.240 e. The highest BCUT2D eigenvalue weighted by molar-refractivity contribution is 5.71. The van der Waals surface area contributed by atoms with Crippen molar-refractivity contribution in [1.29, 1.82) is 0 Å². The smallest absolute Gasteiger partial charge is 0.240 e. The maximum absolute atomic E-state index is 10.6. The van der Waals surface area contributed by atoms with Crippen molar-refractivity contribution in [1.82, 2.24) is 5.48 Å². The average molecular weight is 207 g/mol. The third kappa shape index (κ3) is 4.13. The van der Waals surface area contributed by atoms with Crippen molar-refractivity contribution < 1.29 is 9.63 Å². The van der Waals surface area contributed by atoms with E-state index in [1.807, 2.05) is 18.2 Å². The molecule has 1 unspecified atom stereocenters. The van der Waals surface area contributed by atoms with E-state index in [1.165, 1.54) is 12.5 Å². The number of nitrogens with one attached hydrogen (secondary N) is 1. The SMILES string of the molecule is CCC(CONC(C)=O)c1ccccc1. The third-order valence-corrected chi connectivity index (χ3v) is 2.26. The van der Waals surface area contributed by atoms with Gasteiger partial charge in [0.15, 0.2) is 0 Å². The zero-order chi connectivity index (χ0) is 11.1. The van der Waals surface area contributed by atoms with E-state index in [1.54, 1.807) is 0 Å². The Kier molecular flexibility index (Phi) is 4.84. The van der Waals surface area contributed by atoms with Gasteiger partial charge in [-0.25, -0.2) is 5.48 Å². The standard InChI is InChI=1S/C12H17NO2/c1-3-11(9-15-13-10(2)14)12-7-5-4-6-8-12/h4-8,11H,3,9H2,1-2H3,(H,13,14). The Morgan fingerprint density at radius 2 is 2.07 bits per heavy atom. The van der Waals surface area contributed by atoms with Crippen molar-refractivity contribution in [2.24, 2.45) is 0 Å². The monoisotopic (exact) mass is 207 g/mol. The van der Waals surface area contributed by atoms with E-state index in [0.29, 0.717) is 12.5 Å². The summed E-state index contributed by atoms with van der Waals surface area (Å²) in [6.45, 7) is 4.05. The minimum atomic E-state index is -0.169. The van der Waals surface area contributed by atoms with Crippen LogP contribution in [-0.2, 0) is 9.63 Å². The van der Waals surface area contributed by atoms with Gasteiger partial charge in [0.25, 0.3) is 0 Å². The number of amides is 1. The molecule has 1 atom stereocenters. The molecule has 0 saturated heterocycles. The predicted octanol–water partition coefficient (Wildman–Crippen LogP) is 2.25. The van der Waals surface area contributed by atoms with Crippen molar-refractivity contribution in [2.45, 2.75) is 26.2 Å². The molecule has 0 aromatic heterocycles.